The van der Waals surface area contributed by atoms with Gasteiger partial charge in [-0.1, -0.05) is 24.3 Å². The van der Waals surface area contributed by atoms with Gasteiger partial charge in [0.1, 0.15) is 0 Å². The summed E-state index contributed by atoms with van der Waals surface area (Å²) >= 11 is 1.59. The summed E-state index contributed by atoms with van der Waals surface area (Å²) in [4.78, 5) is 49.6. The predicted octanol–water partition coefficient (Wildman–Crippen LogP) is 6.55. The molecule has 4 aromatic rings. The zero-order chi connectivity index (χ0) is 33.1. The predicted molar refractivity (Wildman–Crippen MR) is 187 cm³/mol. The molecule has 1 unspecified atom stereocenters. The molecule has 0 fully saturated rings. The van der Waals surface area contributed by atoms with Crippen molar-refractivity contribution in [3.63, 3.8) is 0 Å². The first-order valence-corrected chi connectivity index (χ1v) is 16.6. The molecule has 2 aromatic heterocycles. The fourth-order valence-electron chi connectivity index (χ4n) is 5.78. The van der Waals surface area contributed by atoms with Crippen molar-refractivity contribution in [3.05, 3.63) is 91.5 Å². The number of carbonyl (C=O) groups excluding carboxylic acids is 2. The van der Waals surface area contributed by atoms with Crippen LogP contribution < -0.4 is 16.2 Å². The van der Waals surface area contributed by atoms with E-state index in [-0.39, 0.29) is 35.3 Å². The number of hydrogen-bond acceptors (Lipinski definition) is 7. The number of rotatable bonds is 10. The van der Waals surface area contributed by atoms with Crippen LogP contribution in [0.3, 0.4) is 0 Å². The Hall–Kier alpha value is -4.28. The second-order valence-corrected chi connectivity index (χ2v) is 13.7. The van der Waals surface area contributed by atoms with E-state index >= 15 is 0 Å². The highest BCUT2D eigenvalue weighted by Crippen LogP contribution is 2.32. The summed E-state index contributed by atoms with van der Waals surface area (Å²) in [5.74, 6) is 0.157. The van der Waals surface area contributed by atoms with Crippen LogP contribution >= 0.6 is 11.3 Å². The van der Waals surface area contributed by atoms with Crippen molar-refractivity contribution in [1.82, 2.24) is 19.4 Å². The van der Waals surface area contributed by atoms with Crippen molar-refractivity contribution >= 4 is 40.3 Å². The van der Waals surface area contributed by atoms with E-state index in [2.05, 4.69) is 29.4 Å². The van der Waals surface area contributed by atoms with Gasteiger partial charge in [-0.2, -0.15) is 0 Å². The summed E-state index contributed by atoms with van der Waals surface area (Å²) in [5.41, 5.74) is 5.79. The maximum absolute atomic E-state index is 13.2. The summed E-state index contributed by atoms with van der Waals surface area (Å²) in [7, 11) is 7.28. The maximum Gasteiger partial charge on any atom is 0.293 e. The lowest BCUT2D eigenvalue weighted by Gasteiger charge is -2.32. The number of carbonyl (C=O) groups is 2. The molecule has 1 aliphatic rings. The molecule has 46 heavy (non-hydrogen) atoms. The van der Waals surface area contributed by atoms with E-state index in [4.69, 9.17) is 4.98 Å². The average molecular weight is 641 g/mol. The fraction of sp³-hybridized carbons (Fsp3) is 0.389. The Morgan fingerprint density at radius 1 is 1.04 bits per heavy atom. The third kappa shape index (κ3) is 7.24. The van der Waals surface area contributed by atoms with E-state index in [1.165, 1.54) is 27.8 Å². The average Bonchev–Trinajstić information content (AvgIpc) is 3.48. The fourth-order valence-corrected chi connectivity index (χ4v) is 6.93. The minimum absolute atomic E-state index is 0.0633. The molecule has 1 atom stereocenters. The van der Waals surface area contributed by atoms with E-state index in [9.17, 15) is 14.4 Å². The van der Waals surface area contributed by atoms with Crippen LogP contribution in [0.15, 0.2) is 59.5 Å². The summed E-state index contributed by atoms with van der Waals surface area (Å²) in [6.45, 7) is 6.17. The SMILES string of the molecule is Cc1c(NC(=O)c2cc3c(s2)CCCC3)cccc1-c1cn(C)c(=O)c(Nc2ccc(C(CC(=O)N(C)C)N(C)C(C)C)cc2)n1. The first-order chi connectivity index (χ1) is 21.9. The number of hydrogen-bond donors (Lipinski definition) is 2. The topological polar surface area (TPSA) is 99.6 Å². The zero-order valence-corrected chi connectivity index (χ0v) is 28.6. The minimum Gasteiger partial charge on any atom is -0.349 e. The Labute approximate surface area is 275 Å². The van der Waals surface area contributed by atoms with E-state index in [1.54, 1.807) is 43.6 Å². The van der Waals surface area contributed by atoms with Crippen molar-refractivity contribution < 1.29 is 9.59 Å². The molecule has 0 saturated carbocycles. The summed E-state index contributed by atoms with van der Waals surface area (Å²) in [5, 5.41) is 6.32. The molecule has 0 spiro atoms. The molecule has 9 nitrogen and oxygen atoms in total. The summed E-state index contributed by atoms with van der Waals surface area (Å²) in [6, 6.07) is 15.7. The van der Waals surface area contributed by atoms with Crippen molar-refractivity contribution in [2.45, 2.75) is 65.0 Å². The lowest BCUT2D eigenvalue weighted by atomic mass is 9.99. The standard InChI is InChI=1S/C36H44N6O3S/c1-22(2)42(7)30(20-33(43)40(4)5)24-15-17-26(18-16-24)37-34-36(45)41(6)21-29(38-34)27-12-10-13-28(23(27)3)39-35(44)32-19-25-11-8-9-14-31(25)46-32/h10,12-13,15-19,21-22,30H,8-9,11,14,20H2,1-7H3,(H,37,38)(H,39,44). The van der Waals surface area contributed by atoms with E-state index in [1.807, 2.05) is 62.5 Å². The third-order valence-corrected chi connectivity index (χ3v) is 10.1. The molecule has 0 saturated heterocycles. The van der Waals surface area contributed by atoms with Crippen LogP contribution in [0.2, 0.25) is 0 Å². The molecular formula is C36H44N6O3S. The Morgan fingerprint density at radius 2 is 1.76 bits per heavy atom. The Balaban J connectivity index is 1.38. The second kappa shape index (κ2) is 14.0. The van der Waals surface area contributed by atoms with Gasteiger partial charge >= 0.3 is 0 Å². The number of thiophene rings is 1. The molecular weight excluding hydrogens is 597 g/mol. The Kier molecular flexibility index (Phi) is 10.1. The van der Waals surface area contributed by atoms with Gasteiger partial charge in [-0.25, -0.2) is 4.98 Å². The van der Waals surface area contributed by atoms with Gasteiger partial charge in [-0.05, 0) is 94.5 Å². The van der Waals surface area contributed by atoms with E-state index in [0.29, 0.717) is 23.5 Å². The Morgan fingerprint density at radius 3 is 2.43 bits per heavy atom. The van der Waals surface area contributed by atoms with Crippen LogP contribution in [-0.2, 0) is 24.7 Å². The Bertz CT molecular complexity index is 1770. The summed E-state index contributed by atoms with van der Waals surface area (Å²) < 4.78 is 1.51. The van der Waals surface area contributed by atoms with E-state index in [0.717, 1.165) is 34.4 Å². The van der Waals surface area contributed by atoms with Crippen LogP contribution in [0.1, 0.15) is 70.4 Å². The molecule has 1 aliphatic carbocycles. The van der Waals surface area contributed by atoms with Crippen LogP contribution in [-0.4, -0.2) is 58.4 Å². The van der Waals surface area contributed by atoms with Gasteiger partial charge in [0, 0.05) is 67.7 Å². The lowest BCUT2D eigenvalue weighted by molar-refractivity contribution is -0.130. The largest absolute Gasteiger partial charge is 0.349 e. The quantitative estimate of drug-likeness (QED) is 0.204. The number of benzene rings is 2. The van der Waals surface area contributed by atoms with E-state index < -0.39 is 0 Å². The number of aromatic nitrogens is 2. The number of amides is 2. The molecule has 0 radical (unpaired) electrons. The molecule has 0 bridgehead atoms. The molecule has 10 heteroatoms. The van der Waals surface area contributed by atoms with Crippen molar-refractivity contribution in [2.24, 2.45) is 7.05 Å². The molecule has 2 aromatic carbocycles. The van der Waals surface area contributed by atoms with Crippen LogP contribution in [0, 0.1) is 6.92 Å². The van der Waals surface area contributed by atoms with Gasteiger partial charge in [0.2, 0.25) is 5.91 Å². The summed E-state index contributed by atoms with van der Waals surface area (Å²) in [6.07, 6.45) is 6.53. The van der Waals surface area contributed by atoms with Crippen molar-refractivity contribution in [2.75, 3.05) is 31.8 Å². The molecule has 242 valence electrons. The highest BCUT2D eigenvalue weighted by Gasteiger charge is 2.24. The monoisotopic (exact) mass is 640 g/mol. The third-order valence-electron chi connectivity index (χ3n) is 8.88. The maximum atomic E-state index is 13.2. The zero-order valence-electron chi connectivity index (χ0n) is 27.8. The van der Waals surface area contributed by atoms with Crippen molar-refractivity contribution in [3.8, 4) is 11.3 Å². The number of anilines is 3. The normalized spacial score (nSPS) is 13.4. The number of fused-ring (bicyclic) bond motifs is 1. The van der Waals surface area contributed by atoms with Gasteiger partial charge in [-0.3, -0.25) is 19.3 Å². The van der Waals surface area contributed by atoms with Gasteiger partial charge < -0.3 is 20.1 Å². The van der Waals surface area contributed by atoms with Crippen LogP contribution in [0.5, 0.6) is 0 Å². The van der Waals surface area contributed by atoms with Gasteiger partial charge in [0.05, 0.1) is 10.6 Å². The smallest absolute Gasteiger partial charge is 0.293 e. The lowest BCUT2D eigenvalue weighted by Crippen LogP contribution is -2.35. The molecule has 2 heterocycles. The number of aryl methyl sites for hydroxylation is 3. The van der Waals surface area contributed by atoms with Gasteiger partial charge in [-0.15, -0.1) is 11.3 Å². The molecule has 0 aliphatic heterocycles. The van der Waals surface area contributed by atoms with Gasteiger partial charge in [0.15, 0.2) is 5.82 Å². The highest BCUT2D eigenvalue weighted by molar-refractivity contribution is 7.14. The van der Waals surface area contributed by atoms with Crippen molar-refractivity contribution in [1.29, 1.82) is 0 Å². The van der Waals surface area contributed by atoms with Crippen LogP contribution in [0.25, 0.3) is 11.3 Å². The number of nitrogens with one attached hydrogen (secondary N) is 2. The number of nitrogens with zero attached hydrogens (tertiary/aromatic N) is 4. The minimum atomic E-state index is -0.259. The molecule has 2 amide bonds. The van der Waals surface area contributed by atoms with Gasteiger partial charge in [0.25, 0.3) is 11.5 Å². The highest BCUT2D eigenvalue weighted by atomic mass is 32.1. The molecule has 5 rings (SSSR count). The van der Waals surface area contributed by atoms with Crippen LogP contribution in [0.4, 0.5) is 17.2 Å². The first kappa shape index (κ1) is 33.1. The molecule has 2 N–H and O–H groups in total. The first-order valence-electron chi connectivity index (χ1n) is 15.8. The second-order valence-electron chi connectivity index (χ2n) is 12.6.